The first-order chi connectivity index (χ1) is 8.35. The van der Waals surface area contributed by atoms with E-state index >= 15 is 0 Å². The summed E-state index contributed by atoms with van der Waals surface area (Å²) in [7, 11) is 0. The Bertz CT molecular complexity index is 600. The molecule has 4 nitrogen and oxygen atoms in total. The smallest absolute Gasteiger partial charge is 0.338 e. The van der Waals surface area contributed by atoms with E-state index < -0.39 is 5.60 Å². The maximum Gasteiger partial charge on any atom is 0.338 e. The second-order valence-electron chi connectivity index (χ2n) is 5.22. The number of benzene rings is 1. The normalized spacial score (nSPS) is 11.6. The van der Waals surface area contributed by atoms with Crippen molar-refractivity contribution in [3.05, 3.63) is 35.7 Å². The van der Waals surface area contributed by atoms with Gasteiger partial charge in [0.05, 0.1) is 22.3 Å². The van der Waals surface area contributed by atoms with Crippen LogP contribution in [0, 0.1) is 6.92 Å². The highest BCUT2D eigenvalue weighted by Crippen LogP contribution is 2.16. The molecule has 0 aliphatic rings. The number of ether oxygens (including phenoxy) is 1. The van der Waals surface area contributed by atoms with Crippen molar-refractivity contribution in [2.45, 2.75) is 33.3 Å². The molecule has 1 aromatic heterocycles. The average Bonchev–Trinajstić information content (AvgIpc) is 2.25. The second-order valence-corrected chi connectivity index (χ2v) is 5.22. The van der Waals surface area contributed by atoms with Gasteiger partial charge in [0, 0.05) is 6.20 Å². The van der Waals surface area contributed by atoms with Crippen LogP contribution in [0.4, 0.5) is 0 Å². The lowest BCUT2D eigenvalue weighted by Gasteiger charge is -2.19. The molecular weight excluding hydrogens is 228 g/mol. The molecule has 18 heavy (non-hydrogen) atoms. The van der Waals surface area contributed by atoms with Crippen molar-refractivity contribution < 1.29 is 9.53 Å². The van der Waals surface area contributed by atoms with Gasteiger partial charge in [-0.25, -0.2) is 9.78 Å². The molecule has 0 aliphatic carbocycles. The third-order valence-electron chi connectivity index (χ3n) is 2.30. The van der Waals surface area contributed by atoms with Gasteiger partial charge in [0.25, 0.3) is 0 Å². The van der Waals surface area contributed by atoms with E-state index in [9.17, 15) is 4.79 Å². The van der Waals surface area contributed by atoms with E-state index in [0.717, 1.165) is 11.2 Å². The Labute approximate surface area is 106 Å². The van der Waals surface area contributed by atoms with Gasteiger partial charge >= 0.3 is 5.97 Å². The summed E-state index contributed by atoms with van der Waals surface area (Å²) >= 11 is 0. The largest absolute Gasteiger partial charge is 0.456 e. The quantitative estimate of drug-likeness (QED) is 0.724. The highest BCUT2D eigenvalue weighted by Gasteiger charge is 2.18. The van der Waals surface area contributed by atoms with Crippen molar-refractivity contribution in [2.75, 3.05) is 0 Å². The fraction of sp³-hybridized carbons (Fsp3) is 0.357. The number of nitrogens with zero attached hydrogens (tertiary/aromatic N) is 2. The minimum Gasteiger partial charge on any atom is -0.456 e. The van der Waals surface area contributed by atoms with Gasteiger partial charge in [-0.3, -0.25) is 4.98 Å². The van der Waals surface area contributed by atoms with Crippen molar-refractivity contribution in [3.8, 4) is 0 Å². The molecule has 0 aliphatic heterocycles. The number of rotatable bonds is 1. The van der Waals surface area contributed by atoms with Crippen LogP contribution in [-0.4, -0.2) is 21.5 Å². The summed E-state index contributed by atoms with van der Waals surface area (Å²) < 4.78 is 5.32. The molecule has 2 aromatic rings. The lowest BCUT2D eigenvalue weighted by Crippen LogP contribution is -2.23. The Morgan fingerprint density at radius 3 is 2.61 bits per heavy atom. The monoisotopic (exact) mass is 244 g/mol. The van der Waals surface area contributed by atoms with Crippen LogP contribution in [0.2, 0.25) is 0 Å². The predicted octanol–water partition coefficient (Wildman–Crippen LogP) is 2.89. The second kappa shape index (κ2) is 4.37. The fourth-order valence-corrected chi connectivity index (χ4v) is 1.57. The van der Waals surface area contributed by atoms with Crippen LogP contribution in [0.15, 0.2) is 24.4 Å². The molecule has 94 valence electrons. The van der Waals surface area contributed by atoms with Gasteiger partial charge in [0.15, 0.2) is 0 Å². The third kappa shape index (κ3) is 2.83. The molecule has 0 fully saturated rings. The molecule has 0 unspecified atom stereocenters. The van der Waals surface area contributed by atoms with Crippen molar-refractivity contribution >= 4 is 17.0 Å². The number of carbonyl (C=O) groups is 1. The van der Waals surface area contributed by atoms with Crippen LogP contribution in [0.25, 0.3) is 11.0 Å². The minimum absolute atomic E-state index is 0.340. The van der Waals surface area contributed by atoms with E-state index in [1.807, 2.05) is 27.7 Å². The van der Waals surface area contributed by atoms with E-state index in [-0.39, 0.29) is 5.97 Å². The first kappa shape index (κ1) is 12.5. The van der Waals surface area contributed by atoms with Gasteiger partial charge in [-0.1, -0.05) is 0 Å². The zero-order valence-electron chi connectivity index (χ0n) is 11.0. The van der Waals surface area contributed by atoms with Gasteiger partial charge in [0.2, 0.25) is 0 Å². The molecule has 0 atom stereocenters. The van der Waals surface area contributed by atoms with E-state index in [1.54, 1.807) is 24.4 Å². The maximum absolute atomic E-state index is 11.9. The molecule has 1 aromatic carbocycles. The number of fused-ring (bicyclic) bond motifs is 1. The number of carbonyl (C=O) groups excluding carboxylic acids is 1. The van der Waals surface area contributed by atoms with Crippen LogP contribution in [0.3, 0.4) is 0 Å². The van der Waals surface area contributed by atoms with Crippen molar-refractivity contribution in [3.63, 3.8) is 0 Å². The molecule has 0 spiro atoms. The summed E-state index contributed by atoms with van der Waals surface area (Å²) in [5.74, 6) is -0.340. The summed E-state index contributed by atoms with van der Waals surface area (Å²) in [6.45, 7) is 7.40. The first-order valence-electron chi connectivity index (χ1n) is 5.82. The van der Waals surface area contributed by atoms with Gasteiger partial charge in [-0.2, -0.15) is 0 Å². The van der Waals surface area contributed by atoms with Gasteiger partial charge in [-0.15, -0.1) is 0 Å². The Morgan fingerprint density at radius 1 is 1.22 bits per heavy atom. The molecule has 0 saturated heterocycles. The lowest BCUT2D eigenvalue weighted by molar-refractivity contribution is 0.00697. The highest BCUT2D eigenvalue weighted by molar-refractivity contribution is 5.93. The van der Waals surface area contributed by atoms with Crippen LogP contribution < -0.4 is 0 Å². The first-order valence-corrected chi connectivity index (χ1v) is 5.82. The number of aromatic nitrogens is 2. The van der Waals surface area contributed by atoms with Crippen molar-refractivity contribution in [1.29, 1.82) is 0 Å². The number of hydrogen-bond acceptors (Lipinski definition) is 4. The zero-order valence-corrected chi connectivity index (χ0v) is 11.0. The minimum atomic E-state index is -0.496. The topological polar surface area (TPSA) is 52.1 Å². The van der Waals surface area contributed by atoms with Gasteiger partial charge < -0.3 is 4.74 Å². The third-order valence-corrected chi connectivity index (χ3v) is 2.30. The highest BCUT2D eigenvalue weighted by atomic mass is 16.6. The summed E-state index contributed by atoms with van der Waals surface area (Å²) in [6.07, 6.45) is 1.70. The number of aryl methyl sites for hydroxylation is 1. The van der Waals surface area contributed by atoms with E-state index in [0.29, 0.717) is 11.1 Å². The molecule has 4 heteroatoms. The fourth-order valence-electron chi connectivity index (χ4n) is 1.57. The molecule has 0 amide bonds. The van der Waals surface area contributed by atoms with Gasteiger partial charge in [0.1, 0.15) is 5.60 Å². The summed E-state index contributed by atoms with van der Waals surface area (Å²) in [5.41, 5.74) is 2.30. The van der Waals surface area contributed by atoms with Crippen LogP contribution >= 0.6 is 0 Å². The summed E-state index contributed by atoms with van der Waals surface area (Å²) in [5, 5.41) is 0. The van der Waals surface area contributed by atoms with E-state index in [1.165, 1.54) is 0 Å². The molecule has 0 N–H and O–H groups in total. The average molecular weight is 244 g/mol. The SMILES string of the molecule is Cc1cnc2ccc(C(=O)OC(C)(C)C)cc2n1. The Kier molecular flexibility index (Phi) is 3.03. The lowest BCUT2D eigenvalue weighted by atomic mass is 10.1. The Hall–Kier alpha value is -1.97. The molecule has 2 rings (SSSR count). The Morgan fingerprint density at radius 2 is 1.94 bits per heavy atom. The predicted molar refractivity (Wildman–Crippen MR) is 69.4 cm³/mol. The number of hydrogen-bond donors (Lipinski definition) is 0. The van der Waals surface area contributed by atoms with Gasteiger partial charge in [-0.05, 0) is 45.9 Å². The molecule has 1 heterocycles. The van der Waals surface area contributed by atoms with E-state index in [2.05, 4.69) is 9.97 Å². The Balaban J connectivity index is 2.37. The van der Waals surface area contributed by atoms with Crippen molar-refractivity contribution in [2.24, 2.45) is 0 Å². The maximum atomic E-state index is 11.9. The molecule has 0 bridgehead atoms. The molecule has 0 radical (unpaired) electrons. The van der Waals surface area contributed by atoms with Crippen LogP contribution in [0.5, 0.6) is 0 Å². The number of esters is 1. The molecule has 0 saturated carbocycles. The summed E-state index contributed by atoms with van der Waals surface area (Å²) in [4.78, 5) is 20.5. The zero-order chi connectivity index (χ0) is 13.3. The van der Waals surface area contributed by atoms with E-state index in [4.69, 9.17) is 4.74 Å². The van der Waals surface area contributed by atoms with Crippen molar-refractivity contribution in [1.82, 2.24) is 9.97 Å². The molecular formula is C14H16N2O2. The van der Waals surface area contributed by atoms with Crippen LogP contribution in [0.1, 0.15) is 36.8 Å². The summed E-state index contributed by atoms with van der Waals surface area (Å²) in [6, 6.07) is 5.20. The standard InChI is InChI=1S/C14H16N2O2/c1-9-8-15-11-6-5-10(7-12(11)16-9)13(17)18-14(2,3)4/h5-8H,1-4H3. The van der Waals surface area contributed by atoms with Crippen LogP contribution in [-0.2, 0) is 4.74 Å².